The zero-order valence-electron chi connectivity index (χ0n) is 17.1. The minimum Gasteiger partial charge on any atom is -0.472 e. The van der Waals surface area contributed by atoms with Gasteiger partial charge in [-0.05, 0) is 47.5 Å². The van der Waals surface area contributed by atoms with Crippen molar-refractivity contribution in [3.05, 3.63) is 89.9 Å². The Balaban J connectivity index is 1.94. The molecule has 1 atom stereocenters. The first-order valence-electron chi connectivity index (χ1n) is 9.32. The van der Waals surface area contributed by atoms with Gasteiger partial charge in [0.25, 0.3) is 0 Å². The standard InChI is InChI=1S/C23H24N2O4S/c1-25(2)20-6-4-5-19(15-20)23(18-8-10-21(11-9-18)30(3,27)28)24-22(26)12-7-17-13-14-29-16-17/h4-16,23H,1-3H3,(H,24,26)/b12-7-. The molecule has 0 aliphatic heterocycles. The number of anilines is 1. The van der Waals surface area contributed by atoms with E-state index >= 15 is 0 Å². The summed E-state index contributed by atoms with van der Waals surface area (Å²) in [6.07, 6.45) is 7.36. The average Bonchev–Trinajstić information content (AvgIpc) is 3.24. The molecule has 0 spiro atoms. The summed E-state index contributed by atoms with van der Waals surface area (Å²) in [4.78, 5) is 14.8. The first-order chi connectivity index (χ1) is 14.2. The maximum Gasteiger partial charge on any atom is 0.244 e. The number of nitrogens with zero attached hydrogens (tertiary/aromatic N) is 1. The van der Waals surface area contributed by atoms with Gasteiger partial charge in [-0.2, -0.15) is 0 Å². The van der Waals surface area contributed by atoms with E-state index in [0.717, 1.165) is 22.4 Å². The SMILES string of the molecule is CN(C)c1cccc(C(NC(=O)/C=C\c2ccoc2)c2ccc(S(C)(=O)=O)cc2)c1. The van der Waals surface area contributed by atoms with E-state index in [4.69, 9.17) is 4.42 Å². The van der Waals surface area contributed by atoms with Crippen LogP contribution in [0.25, 0.3) is 6.08 Å². The number of hydrogen-bond acceptors (Lipinski definition) is 5. The van der Waals surface area contributed by atoms with Gasteiger partial charge in [-0.3, -0.25) is 4.79 Å². The van der Waals surface area contributed by atoms with E-state index in [2.05, 4.69) is 5.32 Å². The van der Waals surface area contributed by atoms with Crippen LogP contribution in [0.3, 0.4) is 0 Å². The van der Waals surface area contributed by atoms with Gasteiger partial charge >= 0.3 is 0 Å². The Labute approximate surface area is 176 Å². The van der Waals surface area contributed by atoms with Crippen LogP contribution >= 0.6 is 0 Å². The molecule has 3 aromatic rings. The van der Waals surface area contributed by atoms with Crippen molar-refractivity contribution in [2.45, 2.75) is 10.9 Å². The topological polar surface area (TPSA) is 79.6 Å². The number of rotatable bonds is 7. The summed E-state index contributed by atoms with van der Waals surface area (Å²) >= 11 is 0. The smallest absolute Gasteiger partial charge is 0.244 e. The van der Waals surface area contributed by atoms with E-state index in [-0.39, 0.29) is 10.8 Å². The molecule has 30 heavy (non-hydrogen) atoms. The van der Waals surface area contributed by atoms with Crippen LogP contribution in [0.5, 0.6) is 0 Å². The first-order valence-corrected chi connectivity index (χ1v) is 11.2. The predicted octanol–water partition coefficient (Wildman–Crippen LogP) is 3.67. The van der Waals surface area contributed by atoms with E-state index in [0.29, 0.717) is 0 Å². The van der Waals surface area contributed by atoms with Crippen LogP contribution in [-0.4, -0.2) is 34.7 Å². The number of furan rings is 1. The van der Waals surface area contributed by atoms with Crippen molar-refractivity contribution in [3.8, 4) is 0 Å². The van der Waals surface area contributed by atoms with Crippen LogP contribution < -0.4 is 10.2 Å². The number of nitrogens with one attached hydrogen (secondary N) is 1. The van der Waals surface area contributed by atoms with Crippen molar-refractivity contribution in [3.63, 3.8) is 0 Å². The molecule has 0 aliphatic carbocycles. The van der Waals surface area contributed by atoms with Gasteiger partial charge in [0.1, 0.15) is 0 Å². The molecule has 0 radical (unpaired) electrons. The minimum atomic E-state index is -3.30. The highest BCUT2D eigenvalue weighted by molar-refractivity contribution is 7.90. The minimum absolute atomic E-state index is 0.234. The molecule has 3 rings (SSSR count). The van der Waals surface area contributed by atoms with Crippen LogP contribution in [0.15, 0.2) is 82.5 Å². The van der Waals surface area contributed by atoms with Gasteiger partial charge in [0.15, 0.2) is 9.84 Å². The van der Waals surface area contributed by atoms with Crippen molar-refractivity contribution >= 4 is 27.5 Å². The zero-order valence-corrected chi connectivity index (χ0v) is 17.9. The first kappa shape index (κ1) is 21.4. The summed E-state index contributed by atoms with van der Waals surface area (Å²) in [5.41, 5.74) is 3.45. The summed E-state index contributed by atoms with van der Waals surface area (Å²) in [7, 11) is 0.593. The maximum absolute atomic E-state index is 12.6. The lowest BCUT2D eigenvalue weighted by atomic mass is 9.98. The Hall–Kier alpha value is -3.32. The Bertz CT molecular complexity index is 1130. The van der Waals surface area contributed by atoms with E-state index in [1.54, 1.807) is 42.7 Å². The third-order valence-corrected chi connectivity index (χ3v) is 5.75. The number of benzene rings is 2. The maximum atomic E-state index is 12.6. The quantitative estimate of drug-likeness (QED) is 0.586. The highest BCUT2D eigenvalue weighted by Gasteiger charge is 2.18. The molecule has 0 saturated heterocycles. The third kappa shape index (κ3) is 5.39. The summed E-state index contributed by atoms with van der Waals surface area (Å²) in [6, 6.07) is 15.7. The molecule has 1 heterocycles. The molecule has 0 bridgehead atoms. The van der Waals surface area contributed by atoms with Crippen LogP contribution in [-0.2, 0) is 14.6 Å². The molecule has 1 aromatic heterocycles. The molecule has 0 aliphatic rings. The van der Waals surface area contributed by atoms with E-state index in [1.807, 2.05) is 43.3 Å². The van der Waals surface area contributed by atoms with Crippen molar-refractivity contribution < 1.29 is 17.6 Å². The molecule has 2 aromatic carbocycles. The largest absolute Gasteiger partial charge is 0.472 e. The molecular formula is C23H24N2O4S. The van der Waals surface area contributed by atoms with Gasteiger partial charge in [0, 0.05) is 37.7 Å². The van der Waals surface area contributed by atoms with Crippen molar-refractivity contribution in [1.29, 1.82) is 0 Å². The van der Waals surface area contributed by atoms with Crippen LogP contribution in [0.2, 0.25) is 0 Å². The van der Waals surface area contributed by atoms with Gasteiger partial charge < -0.3 is 14.6 Å². The predicted molar refractivity (Wildman–Crippen MR) is 118 cm³/mol. The van der Waals surface area contributed by atoms with Crippen molar-refractivity contribution in [2.24, 2.45) is 0 Å². The fraction of sp³-hybridized carbons (Fsp3) is 0.174. The van der Waals surface area contributed by atoms with E-state index < -0.39 is 15.9 Å². The summed E-state index contributed by atoms with van der Waals surface area (Å²) < 4.78 is 28.6. The third-order valence-electron chi connectivity index (χ3n) is 4.62. The van der Waals surface area contributed by atoms with E-state index in [1.165, 1.54) is 18.6 Å². The lowest BCUT2D eigenvalue weighted by Gasteiger charge is -2.21. The van der Waals surface area contributed by atoms with Gasteiger partial charge in [0.2, 0.25) is 5.91 Å². The van der Waals surface area contributed by atoms with Crippen molar-refractivity contribution in [1.82, 2.24) is 5.32 Å². The lowest BCUT2D eigenvalue weighted by molar-refractivity contribution is -0.116. The number of carbonyl (C=O) groups excluding carboxylic acids is 1. The molecule has 156 valence electrons. The normalized spacial score (nSPS) is 12.6. The fourth-order valence-electron chi connectivity index (χ4n) is 2.98. The zero-order chi connectivity index (χ0) is 21.7. The monoisotopic (exact) mass is 424 g/mol. The Morgan fingerprint density at radius 1 is 1.07 bits per heavy atom. The molecule has 1 amide bonds. The molecular weight excluding hydrogens is 400 g/mol. The Morgan fingerprint density at radius 2 is 1.80 bits per heavy atom. The molecule has 6 nitrogen and oxygen atoms in total. The highest BCUT2D eigenvalue weighted by atomic mass is 32.2. The van der Waals surface area contributed by atoms with Crippen LogP contribution in [0.4, 0.5) is 5.69 Å². The second-order valence-corrected chi connectivity index (χ2v) is 9.18. The molecule has 1 unspecified atom stereocenters. The van der Waals surface area contributed by atoms with E-state index in [9.17, 15) is 13.2 Å². The molecule has 0 saturated carbocycles. The summed E-state index contributed by atoms with van der Waals surface area (Å²) in [6.45, 7) is 0. The molecule has 1 N–H and O–H groups in total. The highest BCUT2D eigenvalue weighted by Crippen LogP contribution is 2.26. The average molecular weight is 425 g/mol. The summed E-state index contributed by atoms with van der Waals surface area (Å²) in [5, 5.41) is 3.01. The summed E-state index contributed by atoms with van der Waals surface area (Å²) in [5.74, 6) is -0.274. The second kappa shape index (κ2) is 9.00. The van der Waals surface area contributed by atoms with Gasteiger partial charge in [-0.1, -0.05) is 24.3 Å². The Kier molecular flexibility index (Phi) is 6.42. The fourth-order valence-corrected chi connectivity index (χ4v) is 3.61. The van der Waals surface area contributed by atoms with Crippen LogP contribution in [0, 0.1) is 0 Å². The van der Waals surface area contributed by atoms with Gasteiger partial charge in [-0.15, -0.1) is 0 Å². The number of amides is 1. The van der Waals surface area contributed by atoms with Gasteiger partial charge in [0.05, 0.1) is 23.5 Å². The number of hydrogen-bond donors (Lipinski definition) is 1. The second-order valence-electron chi connectivity index (χ2n) is 7.16. The lowest BCUT2D eigenvalue weighted by Crippen LogP contribution is -2.28. The van der Waals surface area contributed by atoms with Crippen molar-refractivity contribution in [2.75, 3.05) is 25.3 Å². The molecule has 7 heteroatoms. The van der Waals surface area contributed by atoms with Crippen LogP contribution in [0.1, 0.15) is 22.7 Å². The van der Waals surface area contributed by atoms with Gasteiger partial charge in [-0.25, -0.2) is 8.42 Å². The molecule has 0 fully saturated rings. The Morgan fingerprint density at radius 3 is 2.40 bits per heavy atom. The number of carbonyl (C=O) groups is 1. The number of sulfone groups is 1.